The third kappa shape index (κ3) is 8.63. The first kappa shape index (κ1) is 39.9. The minimum Gasteiger partial charge on any atom is -0.311 e. The summed E-state index contributed by atoms with van der Waals surface area (Å²) in [6, 6.07) is 91.9. The van der Waals surface area contributed by atoms with E-state index in [1.54, 1.807) is 0 Å². The molecule has 2 heteroatoms. The van der Waals surface area contributed by atoms with Crippen molar-refractivity contribution in [3.8, 4) is 55.6 Å². The number of anilines is 6. The van der Waals surface area contributed by atoms with Crippen LogP contribution in [0.2, 0.25) is 0 Å². The SMILES string of the molecule is Cc1cc(C)cc(N(c2ccc(-c3ccc(-c4ccccc4)cc3)cc2)c2ccc(-c3ccc(N(c4ccc(-c5ccccc5)cc4)c4ccc(-c5ccccc5)cc4)cc3)cc2)c1. The maximum Gasteiger partial charge on any atom is 0.0466 e. The van der Waals surface area contributed by atoms with E-state index in [9.17, 15) is 0 Å². The molecule has 10 rings (SSSR count). The Hall–Kier alpha value is -8.20. The molecule has 0 saturated heterocycles. The van der Waals surface area contributed by atoms with E-state index in [-0.39, 0.29) is 0 Å². The maximum atomic E-state index is 2.36. The predicted molar refractivity (Wildman–Crippen MR) is 272 cm³/mol. The molecule has 0 aliphatic rings. The zero-order valence-electron chi connectivity index (χ0n) is 36.1. The van der Waals surface area contributed by atoms with Gasteiger partial charge in [0.25, 0.3) is 0 Å². The van der Waals surface area contributed by atoms with Gasteiger partial charge >= 0.3 is 0 Å². The summed E-state index contributed by atoms with van der Waals surface area (Å²) in [5, 5.41) is 0. The quantitative estimate of drug-likeness (QED) is 0.128. The average molecular weight is 821 g/mol. The molecular weight excluding hydrogens is 773 g/mol. The van der Waals surface area contributed by atoms with Gasteiger partial charge in [0.15, 0.2) is 0 Å². The monoisotopic (exact) mass is 820 g/mol. The second-order valence-corrected chi connectivity index (χ2v) is 16.4. The lowest BCUT2D eigenvalue weighted by Gasteiger charge is -2.27. The van der Waals surface area contributed by atoms with E-state index in [1.165, 1.54) is 55.6 Å². The number of rotatable bonds is 11. The van der Waals surface area contributed by atoms with E-state index in [0.29, 0.717) is 0 Å². The van der Waals surface area contributed by atoms with Crippen molar-refractivity contribution in [1.82, 2.24) is 0 Å². The standard InChI is InChI=1S/C62H48N2/c1-45-42-46(2)44-62(43-45)64(60-38-28-54(29-39-60)51-20-18-50(19-21-51)47-12-6-3-7-13-47)61-40-30-56(31-41-61)55-26-36-59(37-27-55)63(57-32-22-52(23-33-57)48-14-8-4-9-15-48)58-34-24-53(25-35-58)49-16-10-5-11-17-49/h3-44H,1-2H3. The van der Waals surface area contributed by atoms with Crippen LogP contribution in [0.25, 0.3) is 55.6 Å². The summed E-state index contributed by atoms with van der Waals surface area (Å²) in [5.41, 5.74) is 21.1. The molecule has 0 fully saturated rings. The van der Waals surface area contributed by atoms with Crippen LogP contribution < -0.4 is 9.80 Å². The van der Waals surface area contributed by atoms with Crippen LogP contribution >= 0.6 is 0 Å². The lowest BCUT2D eigenvalue weighted by atomic mass is 10.00. The minimum absolute atomic E-state index is 1.09. The molecule has 0 bridgehead atoms. The highest BCUT2D eigenvalue weighted by molar-refractivity contribution is 5.83. The van der Waals surface area contributed by atoms with Gasteiger partial charge in [0.1, 0.15) is 0 Å². The molecular formula is C62H48N2. The second-order valence-electron chi connectivity index (χ2n) is 16.4. The molecule has 306 valence electrons. The van der Waals surface area contributed by atoms with Crippen molar-refractivity contribution >= 4 is 34.1 Å². The molecule has 10 aromatic rings. The van der Waals surface area contributed by atoms with Crippen LogP contribution in [0.15, 0.2) is 255 Å². The predicted octanol–water partition coefficient (Wildman–Crippen LogP) is 17.6. The van der Waals surface area contributed by atoms with Gasteiger partial charge < -0.3 is 9.80 Å². The van der Waals surface area contributed by atoms with Crippen LogP contribution in [0.5, 0.6) is 0 Å². The Balaban J connectivity index is 0.939. The first-order valence-electron chi connectivity index (χ1n) is 22.0. The van der Waals surface area contributed by atoms with Gasteiger partial charge in [-0.25, -0.2) is 0 Å². The summed E-state index contributed by atoms with van der Waals surface area (Å²) in [4.78, 5) is 4.70. The number of aryl methyl sites for hydroxylation is 2. The summed E-state index contributed by atoms with van der Waals surface area (Å²) in [7, 11) is 0. The van der Waals surface area contributed by atoms with Gasteiger partial charge in [-0.15, -0.1) is 0 Å². The number of hydrogen-bond donors (Lipinski definition) is 0. The van der Waals surface area contributed by atoms with Crippen LogP contribution in [0.1, 0.15) is 11.1 Å². The fourth-order valence-electron chi connectivity index (χ4n) is 8.74. The molecule has 0 atom stereocenters. The Morgan fingerprint density at radius 1 is 0.188 bits per heavy atom. The molecule has 0 heterocycles. The molecule has 0 aliphatic carbocycles. The first-order valence-corrected chi connectivity index (χ1v) is 22.0. The molecule has 0 amide bonds. The van der Waals surface area contributed by atoms with Gasteiger partial charge in [0.05, 0.1) is 0 Å². The van der Waals surface area contributed by atoms with Crippen LogP contribution in [0.4, 0.5) is 34.1 Å². The summed E-state index contributed by atoms with van der Waals surface area (Å²) < 4.78 is 0. The Labute approximate surface area is 377 Å². The molecule has 0 radical (unpaired) electrons. The molecule has 0 unspecified atom stereocenters. The number of nitrogens with zero attached hydrogens (tertiary/aromatic N) is 2. The van der Waals surface area contributed by atoms with Gasteiger partial charge in [-0.05, 0) is 153 Å². The van der Waals surface area contributed by atoms with E-state index in [0.717, 1.165) is 45.3 Å². The zero-order valence-corrected chi connectivity index (χ0v) is 36.1. The van der Waals surface area contributed by atoms with Gasteiger partial charge in [0, 0.05) is 34.1 Å². The Morgan fingerprint density at radius 2 is 0.375 bits per heavy atom. The van der Waals surface area contributed by atoms with Crippen molar-refractivity contribution in [2.24, 2.45) is 0 Å². The largest absolute Gasteiger partial charge is 0.311 e. The number of benzene rings is 10. The minimum atomic E-state index is 1.09. The highest BCUT2D eigenvalue weighted by Gasteiger charge is 2.16. The molecule has 2 nitrogen and oxygen atoms in total. The van der Waals surface area contributed by atoms with Gasteiger partial charge in [0.2, 0.25) is 0 Å². The lowest BCUT2D eigenvalue weighted by molar-refractivity contribution is 1.25. The van der Waals surface area contributed by atoms with Crippen LogP contribution in [-0.2, 0) is 0 Å². The van der Waals surface area contributed by atoms with Gasteiger partial charge in [-0.2, -0.15) is 0 Å². The van der Waals surface area contributed by atoms with Crippen LogP contribution in [0, 0.1) is 13.8 Å². The molecule has 10 aromatic carbocycles. The van der Waals surface area contributed by atoms with E-state index in [1.807, 2.05) is 0 Å². The molecule has 0 aliphatic heterocycles. The molecule has 64 heavy (non-hydrogen) atoms. The first-order chi connectivity index (χ1) is 31.5. The average Bonchev–Trinajstić information content (AvgIpc) is 3.36. The van der Waals surface area contributed by atoms with Crippen molar-refractivity contribution in [2.45, 2.75) is 13.8 Å². The third-order valence-corrected chi connectivity index (χ3v) is 12.0. The normalized spacial score (nSPS) is 11.0. The Kier molecular flexibility index (Phi) is 11.2. The van der Waals surface area contributed by atoms with Crippen molar-refractivity contribution in [2.75, 3.05) is 9.80 Å². The Bertz CT molecular complexity index is 2980. The third-order valence-electron chi connectivity index (χ3n) is 12.0. The highest BCUT2D eigenvalue weighted by Crippen LogP contribution is 2.40. The van der Waals surface area contributed by atoms with Gasteiger partial charge in [-0.3, -0.25) is 0 Å². The van der Waals surface area contributed by atoms with Crippen molar-refractivity contribution in [3.05, 3.63) is 266 Å². The van der Waals surface area contributed by atoms with E-state index < -0.39 is 0 Å². The molecule has 0 spiro atoms. The van der Waals surface area contributed by atoms with Crippen molar-refractivity contribution in [1.29, 1.82) is 0 Å². The van der Waals surface area contributed by atoms with Crippen molar-refractivity contribution < 1.29 is 0 Å². The summed E-state index contributed by atoms with van der Waals surface area (Å²) in [6.45, 7) is 4.34. The molecule has 0 aromatic heterocycles. The van der Waals surface area contributed by atoms with E-state index in [2.05, 4.69) is 278 Å². The zero-order chi connectivity index (χ0) is 43.2. The summed E-state index contributed by atoms with van der Waals surface area (Å²) in [5.74, 6) is 0. The van der Waals surface area contributed by atoms with Gasteiger partial charge in [-0.1, -0.05) is 182 Å². The fourth-order valence-corrected chi connectivity index (χ4v) is 8.74. The smallest absolute Gasteiger partial charge is 0.0466 e. The second kappa shape index (κ2) is 18.0. The van der Waals surface area contributed by atoms with Crippen LogP contribution in [0.3, 0.4) is 0 Å². The topological polar surface area (TPSA) is 6.48 Å². The van der Waals surface area contributed by atoms with Crippen molar-refractivity contribution in [3.63, 3.8) is 0 Å². The number of hydrogen-bond acceptors (Lipinski definition) is 2. The molecule has 0 saturated carbocycles. The maximum absolute atomic E-state index is 2.36. The fraction of sp³-hybridized carbons (Fsp3) is 0.0323. The summed E-state index contributed by atoms with van der Waals surface area (Å²) >= 11 is 0. The summed E-state index contributed by atoms with van der Waals surface area (Å²) in [6.07, 6.45) is 0. The van der Waals surface area contributed by atoms with Crippen LogP contribution in [-0.4, -0.2) is 0 Å². The van der Waals surface area contributed by atoms with E-state index >= 15 is 0 Å². The molecule has 0 N–H and O–H groups in total. The lowest BCUT2D eigenvalue weighted by Crippen LogP contribution is -2.10. The highest BCUT2D eigenvalue weighted by atomic mass is 15.1. The Morgan fingerprint density at radius 3 is 0.609 bits per heavy atom. The van der Waals surface area contributed by atoms with E-state index in [4.69, 9.17) is 0 Å².